The molecule has 3 aromatic rings. The van der Waals surface area contributed by atoms with Crippen molar-refractivity contribution in [1.82, 2.24) is 10.6 Å². The first-order valence-corrected chi connectivity index (χ1v) is 24.2. The van der Waals surface area contributed by atoms with Gasteiger partial charge in [0, 0.05) is 36.2 Å². The van der Waals surface area contributed by atoms with Crippen LogP contribution in [0.15, 0.2) is 81.5 Å². The molecule has 9 rings (SSSR count). The lowest BCUT2D eigenvalue weighted by Crippen LogP contribution is -2.56. The van der Waals surface area contributed by atoms with Crippen molar-refractivity contribution in [3.05, 3.63) is 78.3 Å². The van der Waals surface area contributed by atoms with Crippen molar-refractivity contribution in [2.45, 2.75) is 153 Å². The summed E-state index contributed by atoms with van der Waals surface area (Å²) in [6, 6.07) is 14.0. The second-order valence-electron chi connectivity index (χ2n) is 21.7. The van der Waals surface area contributed by atoms with Gasteiger partial charge in [-0.05, 0) is 174 Å². The first-order chi connectivity index (χ1) is 30.2. The summed E-state index contributed by atoms with van der Waals surface area (Å²) in [6.45, 7) is 10.4. The van der Waals surface area contributed by atoms with E-state index in [9.17, 15) is 15.3 Å². The molecule has 1 saturated heterocycles. The lowest BCUT2D eigenvalue weighted by atomic mass is 9.45. The Labute approximate surface area is 374 Å². The van der Waals surface area contributed by atoms with Gasteiger partial charge < -0.3 is 46.6 Å². The average Bonchev–Trinajstić information content (AvgIpc) is 3.65. The lowest BCUT2D eigenvalue weighted by Gasteiger charge is -2.59. The molecule has 0 radical (unpaired) electrons. The molecule has 13 atom stereocenters. The van der Waals surface area contributed by atoms with Crippen LogP contribution >= 0.6 is 0 Å². The summed E-state index contributed by atoms with van der Waals surface area (Å²) < 4.78 is 12.3. The number of allylic oxidation sites excluding steroid dienone is 1. The van der Waals surface area contributed by atoms with Crippen molar-refractivity contribution in [3.8, 4) is 5.75 Å². The van der Waals surface area contributed by atoms with E-state index in [0.29, 0.717) is 60.2 Å². The van der Waals surface area contributed by atoms with Gasteiger partial charge in [0.15, 0.2) is 11.9 Å². The van der Waals surface area contributed by atoms with E-state index in [2.05, 4.69) is 53.7 Å². The van der Waals surface area contributed by atoms with E-state index < -0.39 is 5.60 Å². The smallest absolute Gasteiger partial charge is 0.190 e. The van der Waals surface area contributed by atoms with Gasteiger partial charge in [-0.25, -0.2) is 0 Å². The van der Waals surface area contributed by atoms with Crippen LogP contribution in [0.3, 0.4) is 0 Å². The number of aliphatic hydroxyl groups is 2. The zero-order valence-corrected chi connectivity index (χ0v) is 38.0. The predicted octanol–water partition coefficient (Wildman–Crippen LogP) is 8.10. The topological polar surface area (TPSA) is 187 Å². The first-order valence-electron chi connectivity index (χ1n) is 24.2. The maximum absolute atomic E-state index is 11.4. The Bertz CT molecular complexity index is 2170. The summed E-state index contributed by atoms with van der Waals surface area (Å²) in [5.41, 5.74) is 16.3. The first kappa shape index (κ1) is 44.2. The van der Waals surface area contributed by atoms with Gasteiger partial charge >= 0.3 is 0 Å². The highest BCUT2D eigenvalue weighted by atomic mass is 16.6. The normalized spacial score (nSPS) is 38.6. The minimum Gasteiger partial charge on any atom is -0.508 e. The molecule has 11 heteroatoms. The molecule has 9 N–H and O–H groups in total. The number of rotatable bonds is 12. The number of ether oxygens (including phenoxy) is 1. The zero-order valence-electron chi connectivity index (χ0n) is 38.0. The molecule has 11 nitrogen and oxygen atoms in total. The summed E-state index contributed by atoms with van der Waals surface area (Å²) in [5.74, 6) is 3.70. The standard InChI is InChI=1S/C52H74N6O5/c1-32-26-51(20-14-34(27-51)15-21-52(61)18-6-9-40(60)28-52)46-50(3,63-46)19-16-43-41(32)29-49(43,2)44-25-38(24-37(44)23-33-10-12-39(59)13-11-33)45(57-47(53)55-4)58-48(54)56-22-17-35-7-5-8-36-30-62-31-42(35)36/h5,7-8,10-13,30-31,34,37-38,40-41,43-46,59-61H,1,6,9,14-29H2,2-4H3,(H3,53,55,57)(H3,54,56,58)/t34-,37+,38+,40-,41+,43+,44+,45+,46+,49-,50+,51+,52-/m0/s1. The number of fused-ring (bicyclic) bond motifs is 4. The van der Waals surface area contributed by atoms with Crippen molar-refractivity contribution in [1.29, 1.82) is 0 Å². The molecule has 5 saturated carbocycles. The molecule has 1 spiro atoms. The van der Waals surface area contributed by atoms with E-state index >= 15 is 0 Å². The summed E-state index contributed by atoms with van der Waals surface area (Å²) >= 11 is 0. The number of nitrogens with two attached hydrogens (primary N) is 2. The number of phenols is 1. The highest BCUT2D eigenvalue weighted by molar-refractivity contribution is 5.84. The number of guanidine groups is 2. The van der Waals surface area contributed by atoms with Crippen LogP contribution in [-0.4, -0.2) is 70.4 Å². The van der Waals surface area contributed by atoms with E-state index in [-0.39, 0.29) is 40.7 Å². The Hall–Kier alpha value is -4.06. The van der Waals surface area contributed by atoms with Crippen LogP contribution in [0.4, 0.5) is 0 Å². The summed E-state index contributed by atoms with van der Waals surface area (Å²) in [6.07, 6.45) is 19.6. The van der Waals surface area contributed by atoms with Crippen LogP contribution in [0.1, 0.15) is 121 Å². The Balaban J connectivity index is 0.918. The Morgan fingerprint density at radius 1 is 0.952 bits per heavy atom. The molecule has 0 amide bonds. The van der Waals surface area contributed by atoms with Crippen molar-refractivity contribution in [2.24, 2.45) is 67.8 Å². The number of epoxide rings is 1. The number of hydrogen-bond acceptors (Lipinski definition) is 7. The minimum absolute atomic E-state index is 0.103. The second kappa shape index (κ2) is 17.4. The fourth-order valence-corrected chi connectivity index (χ4v) is 14.4. The summed E-state index contributed by atoms with van der Waals surface area (Å²) in [7, 11) is 1.70. The third-order valence-electron chi connectivity index (χ3n) is 17.7. The van der Waals surface area contributed by atoms with E-state index in [1.807, 2.05) is 18.2 Å². The lowest BCUT2D eigenvalue weighted by molar-refractivity contribution is -0.0831. The Morgan fingerprint density at radius 3 is 2.56 bits per heavy atom. The number of nitrogens with one attached hydrogen (secondary N) is 2. The molecule has 1 aliphatic heterocycles. The Kier molecular flexibility index (Phi) is 12.2. The largest absolute Gasteiger partial charge is 0.508 e. The highest BCUT2D eigenvalue weighted by Gasteiger charge is 2.67. The van der Waals surface area contributed by atoms with Crippen molar-refractivity contribution in [3.63, 3.8) is 0 Å². The van der Waals surface area contributed by atoms with Gasteiger partial charge in [0.25, 0.3) is 0 Å². The maximum Gasteiger partial charge on any atom is 0.190 e. The van der Waals surface area contributed by atoms with Crippen molar-refractivity contribution < 1.29 is 24.5 Å². The third-order valence-corrected chi connectivity index (χ3v) is 17.7. The van der Waals surface area contributed by atoms with Gasteiger partial charge in [0.05, 0.1) is 35.9 Å². The van der Waals surface area contributed by atoms with Gasteiger partial charge in [-0.1, -0.05) is 49.4 Å². The second-order valence-corrected chi connectivity index (χ2v) is 21.7. The number of benzene rings is 2. The van der Waals surface area contributed by atoms with Crippen LogP contribution in [0, 0.1) is 46.3 Å². The van der Waals surface area contributed by atoms with Crippen LogP contribution in [0.5, 0.6) is 5.75 Å². The van der Waals surface area contributed by atoms with Crippen LogP contribution < -0.4 is 22.1 Å². The van der Waals surface area contributed by atoms with Crippen molar-refractivity contribution in [2.75, 3.05) is 13.6 Å². The Morgan fingerprint density at radius 2 is 1.76 bits per heavy atom. The minimum atomic E-state index is -0.720. The molecule has 5 aliphatic carbocycles. The molecule has 2 heterocycles. The summed E-state index contributed by atoms with van der Waals surface area (Å²) in [5, 5.41) is 41.1. The van der Waals surface area contributed by atoms with Crippen molar-refractivity contribution >= 4 is 22.7 Å². The van der Waals surface area contributed by atoms with Gasteiger partial charge in [-0.2, -0.15) is 0 Å². The summed E-state index contributed by atoms with van der Waals surface area (Å²) in [4.78, 5) is 9.08. The van der Waals surface area contributed by atoms with E-state index in [1.165, 1.54) is 29.5 Å². The molecule has 0 bridgehead atoms. The SMILES string of the molecule is C=C1C[C@@]2(CC[C@@H](CC[C@@]3(O)CCC[C@H](O)C3)C2)[C@@H]2O[C@]2(C)CC[C@@H]2[C@@H]1C[C@]2(C)[C@@H]1C[C@H]([C@H](NC(N)=NC)NC(N)=NCCc2cccc3cocc23)C[C@H]1Cc1ccc(O)cc1. The number of aliphatic hydroxyl groups excluding tert-OH is 1. The van der Waals surface area contributed by atoms with Crippen LogP contribution in [-0.2, 0) is 17.6 Å². The van der Waals surface area contributed by atoms with Gasteiger partial charge in [0.2, 0.25) is 0 Å². The fraction of sp³-hybridized carbons (Fsp3) is 0.654. The number of nitrogens with zero attached hydrogens (tertiary/aromatic N) is 2. The number of furan rings is 1. The molecular formula is C52H74N6O5. The number of phenolic OH excluding ortho intramolecular Hbond substituents is 1. The molecule has 0 unspecified atom stereocenters. The van der Waals surface area contributed by atoms with E-state index in [4.69, 9.17) is 32.2 Å². The monoisotopic (exact) mass is 863 g/mol. The zero-order chi connectivity index (χ0) is 44.1. The molecule has 342 valence electrons. The quantitative estimate of drug-likeness (QED) is 0.0311. The molecule has 2 aromatic carbocycles. The fourth-order valence-electron chi connectivity index (χ4n) is 14.4. The molecule has 63 heavy (non-hydrogen) atoms. The number of aliphatic imine (C=N–C) groups is 2. The maximum atomic E-state index is 11.4. The van der Waals surface area contributed by atoms with Gasteiger partial charge in [-0.15, -0.1) is 0 Å². The molecule has 1 aromatic heterocycles. The molecule has 6 aliphatic rings. The van der Waals surface area contributed by atoms with E-state index in [1.54, 1.807) is 19.6 Å². The predicted molar refractivity (Wildman–Crippen MR) is 250 cm³/mol. The third kappa shape index (κ3) is 9.00. The molecular weight excluding hydrogens is 789 g/mol. The molecule has 6 fully saturated rings. The van der Waals surface area contributed by atoms with Crippen LogP contribution in [0.2, 0.25) is 0 Å². The van der Waals surface area contributed by atoms with Crippen LogP contribution in [0.25, 0.3) is 10.8 Å². The van der Waals surface area contributed by atoms with Gasteiger partial charge in [0.1, 0.15) is 11.9 Å². The number of aromatic hydroxyl groups is 1. The van der Waals surface area contributed by atoms with E-state index in [0.717, 1.165) is 101 Å². The van der Waals surface area contributed by atoms with Gasteiger partial charge in [-0.3, -0.25) is 9.98 Å². The average molecular weight is 863 g/mol. The highest BCUT2D eigenvalue weighted by Crippen LogP contribution is 2.70. The number of hydrogen-bond donors (Lipinski definition) is 7.